The van der Waals surface area contributed by atoms with Gasteiger partial charge in [-0.1, -0.05) is 0 Å². The van der Waals surface area contributed by atoms with E-state index in [4.69, 9.17) is 9.47 Å². The monoisotopic (exact) mass is 469 g/mol. The van der Waals surface area contributed by atoms with Crippen molar-refractivity contribution in [3.05, 3.63) is 18.0 Å². The quantitative estimate of drug-likeness (QED) is 0.604. The number of carbonyl (C=O) groups excluding carboxylic acids is 2. The fourth-order valence-corrected chi connectivity index (χ4v) is 4.70. The van der Waals surface area contributed by atoms with Gasteiger partial charge in [0.25, 0.3) is 0 Å². The van der Waals surface area contributed by atoms with Crippen molar-refractivity contribution in [2.45, 2.75) is 63.0 Å². The number of piperidine rings is 1. The van der Waals surface area contributed by atoms with E-state index in [9.17, 15) is 18.0 Å². The molecule has 0 radical (unpaired) electrons. The molecule has 1 aromatic heterocycles. The van der Waals surface area contributed by atoms with E-state index in [1.165, 1.54) is 19.4 Å². The maximum Gasteiger partial charge on any atom is 0.410 e. The Labute approximate surface area is 188 Å². The number of carbonyl (C=O) groups is 2. The molecule has 1 aliphatic carbocycles. The zero-order valence-corrected chi connectivity index (χ0v) is 19.7. The van der Waals surface area contributed by atoms with Gasteiger partial charge in [0.2, 0.25) is 10.0 Å². The van der Waals surface area contributed by atoms with Gasteiger partial charge in [-0.3, -0.25) is 0 Å². The van der Waals surface area contributed by atoms with Crippen LogP contribution in [0.5, 0.6) is 5.75 Å². The van der Waals surface area contributed by atoms with E-state index in [2.05, 4.69) is 14.4 Å². The molecule has 32 heavy (non-hydrogen) atoms. The third-order valence-corrected chi connectivity index (χ3v) is 6.70. The summed E-state index contributed by atoms with van der Waals surface area (Å²) in [5.41, 5.74) is -0.654. The molecule has 1 amide bonds. The van der Waals surface area contributed by atoms with Gasteiger partial charge in [0.1, 0.15) is 16.2 Å². The van der Waals surface area contributed by atoms with Crippen molar-refractivity contribution in [2.75, 3.05) is 26.8 Å². The molecule has 1 aliphatic heterocycles. The molecule has 178 valence electrons. The van der Waals surface area contributed by atoms with Crippen molar-refractivity contribution in [2.24, 2.45) is 5.92 Å². The minimum Gasteiger partial charge on any atom is -0.490 e. The molecule has 0 bridgehead atoms. The summed E-state index contributed by atoms with van der Waals surface area (Å²) in [7, 11) is -2.67. The first kappa shape index (κ1) is 24.2. The van der Waals surface area contributed by atoms with Gasteiger partial charge < -0.3 is 19.1 Å². The molecule has 1 saturated carbocycles. The number of amides is 1. The van der Waals surface area contributed by atoms with Crippen molar-refractivity contribution in [1.82, 2.24) is 14.6 Å². The molecule has 3 rings (SSSR count). The van der Waals surface area contributed by atoms with Gasteiger partial charge in [0, 0.05) is 19.1 Å². The van der Waals surface area contributed by atoms with Gasteiger partial charge in [-0.2, -0.15) is 0 Å². The molecule has 0 spiro atoms. The SMILES string of the molecule is COC(=O)c1cc(S(=O)(=O)NC2CC2)c(OCC2CCN(C(=O)OC(C)(C)C)CC2)cn1. The molecule has 2 fully saturated rings. The minimum atomic E-state index is -3.87. The van der Waals surface area contributed by atoms with E-state index in [0.717, 1.165) is 12.8 Å². The molecular weight excluding hydrogens is 438 g/mol. The number of rotatable bonds is 7. The van der Waals surface area contributed by atoms with Crippen LogP contribution in [0.4, 0.5) is 4.79 Å². The average Bonchev–Trinajstić information content (AvgIpc) is 3.54. The smallest absolute Gasteiger partial charge is 0.410 e. The highest BCUT2D eigenvalue weighted by atomic mass is 32.2. The number of nitrogens with zero attached hydrogens (tertiary/aromatic N) is 2. The Bertz CT molecular complexity index is 947. The second kappa shape index (κ2) is 9.62. The molecule has 1 N–H and O–H groups in total. The van der Waals surface area contributed by atoms with Crippen LogP contribution in [0.25, 0.3) is 0 Å². The Balaban J connectivity index is 1.64. The third-order valence-electron chi connectivity index (χ3n) is 5.16. The van der Waals surface area contributed by atoms with Crippen molar-refractivity contribution in [1.29, 1.82) is 0 Å². The van der Waals surface area contributed by atoms with E-state index in [1.807, 2.05) is 20.8 Å². The molecular formula is C21H31N3O7S. The lowest BCUT2D eigenvalue weighted by molar-refractivity contribution is 0.0164. The standard InChI is InChI=1S/C21H31N3O7S/c1-21(2,3)31-20(26)24-9-7-14(8-10-24)13-30-17-12-22-16(19(25)29-4)11-18(17)32(27,28)23-15-5-6-15/h11-12,14-15,23H,5-10,13H2,1-4H3. The predicted octanol–water partition coefficient (Wildman–Crippen LogP) is 2.33. The number of aromatic nitrogens is 1. The fraction of sp³-hybridized carbons (Fsp3) is 0.667. The van der Waals surface area contributed by atoms with E-state index in [1.54, 1.807) is 4.90 Å². The van der Waals surface area contributed by atoms with E-state index >= 15 is 0 Å². The predicted molar refractivity (Wildman–Crippen MR) is 115 cm³/mol. The Hall–Kier alpha value is -2.40. The summed E-state index contributed by atoms with van der Waals surface area (Å²) >= 11 is 0. The third kappa shape index (κ3) is 6.55. The fourth-order valence-electron chi connectivity index (χ4n) is 3.26. The number of hydrogen-bond donors (Lipinski definition) is 1. The Morgan fingerprint density at radius 1 is 1.19 bits per heavy atom. The zero-order valence-electron chi connectivity index (χ0n) is 18.9. The summed E-state index contributed by atoms with van der Waals surface area (Å²) < 4.78 is 44.1. The lowest BCUT2D eigenvalue weighted by Gasteiger charge is -2.33. The summed E-state index contributed by atoms with van der Waals surface area (Å²) in [4.78, 5) is 29.6. The van der Waals surface area contributed by atoms with Crippen LogP contribution in [0.15, 0.2) is 17.2 Å². The lowest BCUT2D eigenvalue weighted by Crippen LogP contribution is -2.42. The largest absolute Gasteiger partial charge is 0.490 e. The first-order valence-electron chi connectivity index (χ1n) is 10.7. The molecule has 0 unspecified atom stereocenters. The summed E-state index contributed by atoms with van der Waals surface area (Å²) in [5, 5.41) is 0. The lowest BCUT2D eigenvalue weighted by atomic mass is 9.98. The van der Waals surface area contributed by atoms with Gasteiger partial charge in [-0.25, -0.2) is 27.7 Å². The number of methoxy groups -OCH3 is 1. The highest BCUT2D eigenvalue weighted by molar-refractivity contribution is 7.89. The van der Waals surface area contributed by atoms with Crippen molar-refractivity contribution >= 4 is 22.1 Å². The number of hydrogen-bond acceptors (Lipinski definition) is 8. The molecule has 1 saturated heterocycles. The number of esters is 1. The van der Waals surface area contributed by atoms with Crippen LogP contribution in [-0.2, 0) is 19.5 Å². The van der Waals surface area contributed by atoms with Crippen molar-refractivity contribution < 1.29 is 32.2 Å². The molecule has 2 heterocycles. The highest BCUT2D eigenvalue weighted by Crippen LogP contribution is 2.29. The van der Waals surface area contributed by atoms with Crippen LogP contribution >= 0.6 is 0 Å². The van der Waals surface area contributed by atoms with Gasteiger partial charge in [-0.15, -0.1) is 0 Å². The summed E-state index contributed by atoms with van der Waals surface area (Å²) in [6.45, 7) is 6.83. The number of nitrogens with one attached hydrogen (secondary N) is 1. The number of ether oxygens (including phenoxy) is 3. The van der Waals surface area contributed by atoms with Gasteiger partial charge in [0.15, 0.2) is 5.75 Å². The van der Waals surface area contributed by atoms with Crippen LogP contribution < -0.4 is 9.46 Å². The van der Waals surface area contributed by atoms with Crippen molar-refractivity contribution in [3.8, 4) is 5.75 Å². The van der Waals surface area contributed by atoms with Gasteiger partial charge in [0.05, 0.1) is 19.9 Å². The van der Waals surface area contributed by atoms with Crippen LogP contribution in [0.1, 0.15) is 56.9 Å². The first-order valence-corrected chi connectivity index (χ1v) is 12.2. The Kier molecular flexibility index (Phi) is 7.29. The molecule has 0 atom stereocenters. The summed E-state index contributed by atoms with van der Waals surface area (Å²) in [5.74, 6) is -0.504. The van der Waals surface area contributed by atoms with Crippen LogP contribution in [0, 0.1) is 5.92 Å². The van der Waals surface area contributed by atoms with Crippen LogP contribution in [0.2, 0.25) is 0 Å². The van der Waals surface area contributed by atoms with Crippen molar-refractivity contribution in [3.63, 3.8) is 0 Å². The summed E-state index contributed by atoms with van der Waals surface area (Å²) in [6, 6.07) is 1.08. The van der Waals surface area contributed by atoms with Gasteiger partial charge >= 0.3 is 12.1 Å². The maximum atomic E-state index is 12.8. The van der Waals surface area contributed by atoms with E-state index < -0.39 is 21.6 Å². The highest BCUT2D eigenvalue weighted by Gasteiger charge is 2.32. The minimum absolute atomic E-state index is 0.0837. The topological polar surface area (TPSA) is 124 Å². The molecule has 11 heteroatoms. The number of sulfonamides is 1. The molecule has 2 aliphatic rings. The number of pyridine rings is 1. The molecule has 0 aromatic carbocycles. The summed E-state index contributed by atoms with van der Waals surface area (Å²) in [6.07, 6.45) is 3.87. The molecule has 1 aromatic rings. The van der Waals surface area contributed by atoms with E-state index in [-0.39, 0.29) is 41.0 Å². The first-order chi connectivity index (χ1) is 15.0. The second-order valence-corrected chi connectivity index (χ2v) is 10.8. The van der Waals surface area contributed by atoms with Crippen LogP contribution in [-0.4, -0.2) is 68.8 Å². The zero-order chi connectivity index (χ0) is 23.5. The van der Waals surface area contributed by atoms with Gasteiger partial charge in [-0.05, 0) is 58.4 Å². The van der Waals surface area contributed by atoms with E-state index in [0.29, 0.717) is 25.9 Å². The average molecular weight is 470 g/mol. The number of likely N-dealkylation sites (tertiary alicyclic amines) is 1. The Morgan fingerprint density at radius 2 is 1.84 bits per heavy atom. The maximum absolute atomic E-state index is 12.8. The second-order valence-electron chi connectivity index (χ2n) is 9.13. The van der Waals surface area contributed by atoms with Crippen LogP contribution in [0.3, 0.4) is 0 Å². The Morgan fingerprint density at radius 3 is 2.41 bits per heavy atom. The normalized spacial score (nSPS) is 17.7. The molecule has 10 nitrogen and oxygen atoms in total.